The van der Waals surface area contributed by atoms with Crippen LogP contribution in [0.25, 0.3) is 0 Å². The van der Waals surface area contributed by atoms with Gasteiger partial charge in [0.15, 0.2) is 0 Å². The van der Waals surface area contributed by atoms with Gasteiger partial charge < -0.3 is 5.32 Å². The number of aryl methyl sites for hydroxylation is 2. The van der Waals surface area contributed by atoms with Gasteiger partial charge in [-0.2, -0.15) is 5.10 Å². The average Bonchev–Trinajstić information content (AvgIpc) is 2.72. The van der Waals surface area contributed by atoms with E-state index in [2.05, 4.69) is 38.1 Å². The molecule has 0 saturated heterocycles. The van der Waals surface area contributed by atoms with E-state index in [1.807, 2.05) is 4.68 Å². The van der Waals surface area contributed by atoms with E-state index in [0.29, 0.717) is 12.5 Å². The van der Waals surface area contributed by atoms with Crippen molar-refractivity contribution in [2.75, 3.05) is 18.6 Å². The van der Waals surface area contributed by atoms with Crippen molar-refractivity contribution in [2.45, 2.75) is 53.6 Å². The summed E-state index contributed by atoms with van der Waals surface area (Å²) in [5.74, 6) is 0.754. The summed E-state index contributed by atoms with van der Waals surface area (Å²) in [5.41, 5.74) is 3.48. The van der Waals surface area contributed by atoms with Gasteiger partial charge in [-0.3, -0.25) is 4.68 Å². The van der Waals surface area contributed by atoms with E-state index in [1.165, 1.54) is 11.8 Å². The standard InChI is InChI=1S/C15H29N3O2S/c1-6-14-13(11-16-10-12(3)4)15(7-2)18(17-14)8-9-21(5,19)20/h12,16H,6-11H2,1-5H3. The largest absolute Gasteiger partial charge is 0.312 e. The van der Waals surface area contributed by atoms with Crippen molar-refractivity contribution in [1.29, 1.82) is 0 Å². The molecule has 0 atom stereocenters. The highest BCUT2D eigenvalue weighted by atomic mass is 32.2. The zero-order chi connectivity index (χ0) is 16.0. The molecule has 5 nitrogen and oxygen atoms in total. The highest BCUT2D eigenvalue weighted by molar-refractivity contribution is 7.90. The van der Waals surface area contributed by atoms with Crippen LogP contribution in [-0.2, 0) is 35.8 Å². The van der Waals surface area contributed by atoms with Crippen LogP contribution in [0.3, 0.4) is 0 Å². The Bertz CT molecular complexity index is 548. The van der Waals surface area contributed by atoms with E-state index in [1.54, 1.807) is 0 Å². The highest BCUT2D eigenvalue weighted by Crippen LogP contribution is 2.16. The van der Waals surface area contributed by atoms with E-state index in [-0.39, 0.29) is 5.75 Å². The Labute approximate surface area is 129 Å². The van der Waals surface area contributed by atoms with Crippen molar-refractivity contribution in [3.8, 4) is 0 Å². The molecule has 0 aliphatic heterocycles. The van der Waals surface area contributed by atoms with Crippen LogP contribution in [0.2, 0.25) is 0 Å². The van der Waals surface area contributed by atoms with Crippen LogP contribution < -0.4 is 5.32 Å². The van der Waals surface area contributed by atoms with Crippen molar-refractivity contribution < 1.29 is 8.42 Å². The second kappa shape index (κ2) is 7.94. The van der Waals surface area contributed by atoms with Gasteiger partial charge in [0.2, 0.25) is 0 Å². The smallest absolute Gasteiger partial charge is 0.149 e. The molecule has 0 radical (unpaired) electrons. The van der Waals surface area contributed by atoms with Crippen LogP contribution in [0.5, 0.6) is 0 Å². The topological polar surface area (TPSA) is 64.0 Å². The predicted molar refractivity (Wildman–Crippen MR) is 87.2 cm³/mol. The number of nitrogens with zero attached hydrogens (tertiary/aromatic N) is 2. The second-order valence-electron chi connectivity index (χ2n) is 5.96. The lowest BCUT2D eigenvalue weighted by Gasteiger charge is -2.10. The molecule has 21 heavy (non-hydrogen) atoms. The number of sulfone groups is 1. The Morgan fingerprint density at radius 1 is 1.24 bits per heavy atom. The summed E-state index contributed by atoms with van der Waals surface area (Å²) in [6, 6.07) is 0. The van der Waals surface area contributed by atoms with Crippen molar-refractivity contribution in [1.82, 2.24) is 15.1 Å². The first-order valence-electron chi connectivity index (χ1n) is 7.74. The predicted octanol–water partition coefficient (Wildman–Crippen LogP) is 1.80. The summed E-state index contributed by atoms with van der Waals surface area (Å²) < 4.78 is 24.6. The molecule has 0 saturated carbocycles. The first-order valence-corrected chi connectivity index (χ1v) is 9.80. The van der Waals surface area contributed by atoms with E-state index in [0.717, 1.165) is 37.3 Å². The third kappa shape index (κ3) is 5.79. The fraction of sp³-hybridized carbons (Fsp3) is 0.800. The molecule has 1 aromatic rings. The first kappa shape index (κ1) is 18.2. The van der Waals surface area contributed by atoms with Gasteiger partial charge in [-0.1, -0.05) is 27.7 Å². The molecule has 0 fully saturated rings. The van der Waals surface area contributed by atoms with Gasteiger partial charge in [-0.25, -0.2) is 8.42 Å². The monoisotopic (exact) mass is 315 g/mol. The highest BCUT2D eigenvalue weighted by Gasteiger charge is 2.16. The van der Waals surface area contributed by atoms with Gasteiger partial charge in [0.25, 0.3) is 0 Å². The molecular weight excluding hydrogens is 286 g/mol. The van der Waals surface area contributed by atoms with Gasteiger partial charge in [-0.15, -0.1) is 0 Å². The van der Waals surface area contributed by atoms with Crippen LogP contribution in [0.1, 0.15) is 44.6 Å². The molecule has 1 N–H and O–H groups in total. The van der Waals surface area contributed by atoms with Crippen molar-refractivity contribution in [3.05, 3.63) is 17.0 Å². The fourth-order valence-electron chi connectivity index (χ4n) is 2.40. The lowest BCUT2D eigenvalue weighted by atomic mass is 10.1. The summed E-state index contributed by atoms with van der Waals surface area (Å²) in [5, 5.41) is 8.08. The number of aromatic nitrogens is 2. The second-order valence-corrected chi connectivity index (χ2v) is 8.22. The molecule has 0 spiro atoms. The Morgan fingerprint density at radius 2 is 1.90 bits per heavy atom. The summed E-state index contributed by atoms with van der Waals surface area (Å²) in [6.45, 7) is 10.8. The number of hydrogen-bond donors (Lipinski definition) is 1. The molecule has 1 rings (SSSR count). The molecule has 0 aliphatic rings. The third-order valence-corrected chi connectivity index (χ3v) is 4.37. The van der Waals surface area contributed by atoms with Gasteiger partial charge in [-0.05, 0) is 25.3 Å². The summed E-state index contributed by atoms with van der Waals surface area (Å²) in [4.78, 5) is 0. The summed E-state index contributed by atoms with van der Waals surface area (Å²) >= 11 is 0. The fourth-order valence-corrected chi connectivity index (χ4v) is 2.90. The number of nitrogens with one attached hydrogen (secondary N) is 1. The maximum absolute atomic E-state index is 11.4. The Hall–Kier alpha value is -0.880. The van der Waals surface area contributed by atoms with Crippen LogP contribution in [-0.4, -0.2) is 36.8 Å². The minimum absolute atomic E-state index is 0.143. The lowest BCUT2D eigenvalue weighted by Crippen LogP contribution is -2.20. The zero-order valence-corrected chi connectivity index (χ0v) is 14.8. The van der Waals surface area contributed by atoms with Crippen LogP contribution in [0.15, 0.2) is 0 Å². The van der Waals surface area contributed by atoms with E-state index in [4.69, 9.17) is 0 Å². The van der Waals surface area contributed by atoms with Crippen LogP contribution in [0, 0.1) is 5.92 Å². The van der Waals surface area contributed by atoms with Gasteiger partial charge in [0.1, 0.15) is 9.84 Å². The van der Waals surface area contributed by atoms with E-state index < -0.39 is 9.84 Å². The Balaban J connectivity index is 2.92. The molecular formula is C15H29N3O2S. The van der Waals surface area contributed by atoms with Crippen LogP contribution >= 0.6 is 0 Å². The molecule has 0 aliphatic carbocycles. The Kier molecular flexibility index (Phi) is 6.87. The maximum Gasteiger partial charge on any atom is 0.149 e. The minimum Gasteiger partial charge on any atom is -0.312 e. The lowest BCUT2D eigenvalue weighted by molar-refractivity contribution is 0.548. The van der Waals surface area contributed by atoms with Gasteiger partial charge in [0, 0.05) is 24.1 Å². The molecule has 0 aromatic carbocycles. The molecule has 122 valence electrons. The van der Waals surface area contributed by atoms with E-state index in [9.17, 15) is 8.42 Å². The molecule has 0 bridgehead atoms. The van der Waals surface area contributed by atoms with Crippen LogP contribution in [0.4, 0.5) is 0 Å². The number of rotatable bonds is 9. The van der Waals surface area contributed by atoms with Gasteiger partial charge >= 0.3 is 0 Å². The normalized spacial score (nSPS) is 12.3. The van der Waals surface area contributed by atoms with Gasteiger partial charge in [0.05, 0.1) is 18.0 Å². The zero-order valence-electron chi connectivity index (χ0n) is 13.9. The quantitative estimate of drug-likeness (QED) is 0.755. The maximum atomic E-state index is 11.4. The van der Waals surface area contributed by atoms with Crippen molar-refractivity contribution in [2.24, 2.45) is 5.92 Å². The molecule has 0 amide bonds. The SMILES string of the molecule is CCc1nn(CCS(C)(=O)=O)c(CC)c1CNCC(C)C. The first-order chi connectivity index (χ1) is 9.78. The molecule has 1 aromatic heterocycles. The molecule has 6 heteroatoms. The number of hydrogen-bond acceptors (Lipinski definition) is 4. The Morgan fingerprint density at radius 3 is 2.38 bits per heavy atom. The van der Waals surface area contributed by atoms with Crippen molar-refractivity contribution in [3.63, 3.8) is 0 Å². The van der Waals surface area contributed by atoms with E-state index >= 15 is 0 Å². The van der Waals surface area contributed by atoms with Crippen molar-refractivity contribution >= 4 is 9.84 Å². The summed E-state index contributed by atoms with van der Waals surface area (Å²) in [7, 11) is -2.96. The third-order valence-electron chi connectivity index (χ3n) is 3.45. The summed E-state index contributed by atoms with van der Waals surface area (Å²) in [6.07, 6.45) is 3.01. The molecule has 1 heterocycles. The minimum atomic E-state index is -2.96. The molecule has 0 unspecified atom stereocenters. The average molecular weight is 315 g/mol.